The first kappa shape index (κ1) is 11.4. The molecule has 2 saturated carbocycles. The Morgan fingerprint density at radius 1 is 1.31 bits per heavy atom. The number of hydrogen-bond donors (Lipinski definition) is 2. The van der Waals surface area contributed by atoms with Crippen molar-refractivity contribution in [3.05, 3.63) is 0 Å². The summed E-state index contributed by atoms with van der Waals surface area (Å²) in [6.45, 7) is 1.78. The highest BCUT2D eigenvalue weighted by Crippen LogP contribution is 2.55. The second-order valence-electron chi connectivity index (χ2n) is 4.95. The van der Waals surface area contributed by atoms with E-state index in [-0.39, 0.29) is 11.8 Å². The average Bonchev–Trinajstić information content (AvgIpc) is 2.99. The van der Waals surface area contributed by atoms with E-state index >= 15 is 0 Å². The predicted molar refractivity (Wildman–Crippen MR) is 58.8 cm³/mol. The lowest BCUT2D eigenvalue weighted by atomic mass is 10.0. The lowest BCUT2D eigenvalue weighted by Crippen LogP contribution is -2.41. The largest absolute Gasteiger partial charge is 0.480 e. The van der Waals surface area contributed by atoms with Crippen molar-refractivity contribution in [1.82, 2.24) is 5.32 Å². The first-order valence-corrected chi connectivity index (χ1v) is 6.18. The Morgan fingerprint density at radius 3 is 2.31 bits per heavy atom. The minimum atomic E-state index is -0.931. The molecule has 90 valence electrons. The Labute approximate surface area is 95.4 Å². The van der Waals surface area contributed by atoms with Gasteiger partial charge < -0.3 is 10.4 Å². The van der Waals surface area contributed by atoms with Crippen LogP contribution in [0, 0.1) is 17.8 Å². The van der Waals surface area contributed by atoms with Crippen LogP contribution in [-0.2, 0) is 9.59 Å². The average molecular weight is 225 g/mol. The van der Waals surface area contributed by atoms with Gasteiger partial charge in [0.05, 0.1) is 0 Å². The first-order chi connectivity index (χ1) is 7.65. The number of nitrogens with one attached hydrogen (secondary N) is 1. The highest BCUT2D eigenvalue weighted by Gasteiger charge is 2.54. The van der Waals surface area contributed by atoms with E-state index in [1.54, 1.807) is 6.92 Å². The fraction of sp³-hybridized carbons (Fsp3) is 0.833. The van der Waals surface area contributed by atoms with Crippen LogP contribution >= 0.6 is 0 Å². The standard InChI is InChI=1S/C12H19NO3/c1-2-9(12(15)16)13-11(14)10-7-5-3-4-6-8(7)10/h7-10H,2-6H2,1H3,(H,13,14)(H,15,16). The summed E-state index contributed by atoms with van der Waals surface area (Å²) < 4.78 is 0. The maximum Gasteiger partial charge on any atom is 0.326 e. The van der Waals surface area contributed by atoms with E-state index in [9.17, 15) is 9.59 Å². The molecule has 3 unspecified atom stereocenters. The molecule has 0 aromatic carbocycles. The van der Waals surface area contributed by atoms with E-state index in [0.29, 0.717) is 18.3 Å². The van der Waals surface area contributed by atoms with Gasteiger partial charge in [-0.15, -0.1) is 0 Å². The van der Waals surface area contributed by atoms with Crippen molar-refractivity contribution in [2.24, 2.45) is 17.8 Å². The van der Waals surface area contributed by atoms with Gasteiger partial charge in [-0.3, -0.25) is 4.79 Å². The van der Waals surface area contributed by atoms with Gasteiger partial charge in [0, 0.05) is 5.92 Å². The van der Waals surface area contributed by atoms with Gasteiger partial charge in [0.2, 0.25) is 5.91 Å². The molecule has 1 amide bonds. The molecule has 0 aromatic rings. The maximum atomic E-state index is 11.9. The molecule has 16 heavy (non-hydrogen) atoms. The fourth-order valence-corrected chi connectivity index (χ4v) is 2.99. The zero-order valence-electron chi connectivity index (χ0n) is 9.61. The van der Waals surface area contributed by atoms with Crippen molar-refractivity contribution in [2.45, 2.75) is 45.1 Å². The molecule has 4 heteroatoms. The number of carboxylic acids is 1. The predicted octanol–water partition coefficient (Wildman–Crippen LogP) is 1.40. The van der Waals surface area contributed by atoms with Crippen LogP contribution in [0.15, 0.2) is 0 Å². The molecular weight excluding hydrogens is 206 g/mol. The number of fused-ring (bicyclic) bond motifs is 1. The third kappa shape index (κ3) is 2.06. The first-order valence-electron chi connectivity index (χ1n) is 6.18. The number of carboxylic acid groups (broad SMARTS) is 1. The number of rotatable bonds is 4. The molecule has 0 heterocycles. The smallest absolute Gasteiger partial charge is 0.326 e. The highest BCUT2D eigenvalue weighted by molar-refractivity contribution is 5.87. The van der Waals surface area contributed by atoms with Crippen LogP contribution in [0.4, 0.5) is 0 Å². The Morgan fingerprint density at radius 2 is 1.88 bits per heavy atom. The van der Waals surface area contributed by atoms with E-state index in [1.165, 1.54) is 12.8 Å². The zero-order chi connectivity index (χ0) is 11.7. The third-order valence-corrected chi connectivity index (χ3v) is 3.98. The van der Waals surface area contributed by atoms with Crippen LogP contribution in [0.2, 0.25) is 0 Å². The number of amides is 1. The summed E-state index contributed by atoms with van der Waals surface area (Å²) in [4.78, 5) is 22.7. The van der Waals surface area contributed by atoms with Crippen LogP contribution in [-0.4, -0.2) is 23.0 Å². The minimum absolute atomic E-state index is 0.0360. The van der Waals surface area contributed by atoms with E-state index in [2.05, 4.69) is 5.32 Å². The number of hydrogen-bond acceptors (Lipinski definition) is 2. The molecule has 2 aliphatic rings. The van der Waals surface area contributed by atoms with E-state index in [1.807, 2.05) is 0 Å². The summed E-state index contributed by atoms with van der Waals surface area (Å²) in [6.07, 6.45) is 5.19. The van der Waals surface area contributed by atoms with Gasteiger partial charge >= 0.3 is 5.97 Å². The molecule has 0 aliphatic heterocycles. The lowest BCUT2D eigenvalue weighted by molar-refractivity contribution is -0.142. The maximum absolute atomic E-state index is 11.9. The molecule has 2 aliphatic carbocycles. The summed E-state index contributed by atoms with van der Waals surface area (Å²) in [5.74, 6) is 0.224. The monoisotopic (exact) mass is 225 g/mol. The second-order valence-corrected chi connectivity index (χ2v) is 4.95. The van der Waals surface area contributed by atoms with E-state index in [4.69, 9.17) is 5.11 Å². The van der Waals surface area contributed by atoms with Gasteiger partial charge in [0.15, 0.2) is 0 Å². The fourth-order valence-electron chi connectivity index (χ4n) is 2.99. The molecular formula is C12H19NO3. The zero-order valence-corrected chi connectivity index (χ0v) is 9.61. The Hall–Kier alpha value is -1.06. The van der Waals surface area contributed by atoms with Gasteiger partial charge in [-0.2, -0.15) is 0 Å². The van der Waals surface area contributed by atoms with Crippen molar-refractivity contribution >= 4 is 11.9 Å². The van der Waals surface area contributed by atoms with Crippen molar-refractivity contribution in [3.63, 3.8) is 0 Å². The number of aliphatic carboxylic acids is 1. The third-order valence-electron chi connectivity index (χ3n) is 3.98. The van der Waals surface area contributed by atoms with Crippen molar-refractivity contribution in [1.29, 1.82) is 0 Å². The molecule has 0 saturated heterocycles. The molecule has 0 aromatic heterocycles. The summed E-state index contributed by atoms with van der Waals surface area (Å²) in [5.41, 5.74) is 0. The second kappa shape index (κ2) is 4.44. The number of carbonyl (C=O) groups excluding carboxylic acids is 1. The van der Waals surface area contributed by atoms with Gasteiger partial charge in [0.1, 0.15) is 6.04 Å². The van der Waals surface area contributed by atoms with Gasteiger partial charge in [-0.1, -0.05) is 19.8 Å². The summed E-state index contributed by atoms with van der Waals surface area (Å²) in [5, 5.41) is 11.5. The number of carbonyl (C=O) groups is 2. The molecule has 2 rings (SSSR count). The van der Waals surface area contributed by atoms with Gasteiger partial charge in [0.25, 0.3) is 0 Å². The van der Waals surface area contributed by atoms with Crippen molar-refractivity contribution in [2.75, 3.05) is 0 Å². The molecule has 2 fully saturated rings. The van der Waals surface area contributed by atoms with Gasteiger partial charge in [-0.05, 0) is 31.1 Å². The molecule has 4 nitrogen and oxygen atoms in total. The van der Waals surface area contributed by atoms with E-state index in [0.717, 1.165) is 12.8 Å². The molecule has 0 spiro atoms. The van der Waals surface area contributed by atoms with Crippen LogP contribution in [0.3, 0.4) is 0 Å². The lowest BCUT2D eigenvalue weighted by Gasteiger charge is -2.11. The quantitative estimate of drug-likeness (QED) is 0.760. The van der Waals surface area contributed by atoms with Crippen LogP contribution < -0.4 is 5.32 Å². The van der Waals surface area contributed by atoms with E-state index < -0.39 is 12.0 Å². The minimum Gasteiger partial charge on any atom is -0.480 e. The molecule has 2 N–H and O–H groups in total. The van der Waals surface area contributed by atoms with Crippen LogP contribution in [0.25, 0.3) is 0 Å². The molecule has 0 radical (unpaired) electrons. The van der Waals surface area contributed by atoms with Crippen LogP contribution in [0.5, 0.6) is 0 Å². The van der Waals surface area contributed by atoms with Crippen LogP contribution in [0.1, 0.15) is 39.0 Å². The molecule has 0 bridgehead atoms. The topological polar surface area (TPSA) is 66.4 Å². The van der Waals surface area contributed by atoms with Crippen molar-refractivity contribution < 1.29 is 14.7 Å². The highest BCUT2D eigenvalue weighted by atomic mass is 16.4. The van der Waals surface area contributed by atoms with Crippen molar-refractivity contribution in [3.8, 4) is 0 Å². The Balaban J connectivity index is 1.87. The Kier molecular flexibility index (Phi) is 3.17. The SMILES string of the molecule is CCC(NC(=O)C1C2CCCCC21)C(=O)O. The molecule has 3 atom stereocenters. The van der Waals surface area contributed by atoms with Gasteiger partial charge in [-0.25, -0.2) is 4.79 Å². The Bertz CT molecular complexity index is 291. The summed E-state index contributed by atoms with van der Waals surface area (Å²) in [7, 11) is 0. The normalized spacial score (nSPS) is 33.7. The summed E-state index contributed by atoms with van der Waals surface area (Å²) in [6, 6.07) is -0.713. The summed E-state index contributed by atoms with van der Waals surface area (Å²) >= 11 is 0.